The van der Waals surface area contributed by atoms with E-state index in [4.69, 9.17) is 0 Å². The molecule has 0 spiro atoms. The average Bonchev–Trinajstić information content (AvgIpc) is 2.91. The van der Waals surface area contributed by atoms with Crippen LogP contribution in [0, 0.1) is 0 Å². The number of hydrogen-bond acceptors (Lipinski definition) is 4. The third kappa shape index (κ3) is 2.79. The van der Waals surface area contributed by atoms with Gasteiger partial charge in [-0.1, -0.05) is 18.2 Å². The highest BCUT2D eigenvalue weighted by Gasteiger charge is 2.28. The van der Waals surface area contributed by atoms with Crippen LogP contribution in [0.2, 0.25) is 0 Å². The minimum absolute atomic E-state index is 0.0658. The van der Waals surface area contributed by atoms with Crippen molar-refractivity contribution in [3.8, 4) is 0 Å². The Balaban J connectivity index is 1.87. The van der Waals surface area contributed by atoms with Gasteiger partial charge in [-0.05, 0) is 51.0 Å². The Labute approximate surface area is 136 Å². The summed E-state index contributed by atoms with van der Waals surface area (Å²) in [4.78, 5) is 16.2. The van der Waals surface area contributed by atoms with Crippen molar-refractivity contribution in [2.45, 2.75) is 33.2 Å². The van der Waals surface area contributed by atoms with Crippen LogP contribution in [0.25, 0.3) is 0 Å². The fraction of sp³-hybridized carbons (Fsp3) is 0.389. The van der Waals surface area contributed by atoms with Crippen LogP contribution >= 0.6 is 0 Å². The van der Waals surface area contributed by atoms with E-state index in [1.54, 1.807) is 11.0 Å². The highest BCUT2D eigenvalue weighted by molar-refractivity contribution is 5.92. The van der Waals surface area contributed by atoms with Crippen LogP contribution in [0.15, 0.2) is 36.4 Å². The standard InChI is InChI=1S/C18H22N4O/c1-4-21(5-2)18(23)15-10-11-17(20-19-15)22-13(3)12-14-8-6-7-9-16(14)22/h6-11,13H,4-5,12H2,1-3H3. The van der Waals surface area contributed by atoms with E-state index in [1.165, 1.54) is 11.3 Å². The monoisotopic (exact) mass is 310 g/mol. The smallest absolute Gasteiger partial charge is 0.274 e. The molecule has 0 bridgehead atoms. The summed E-state index contributed by atoms with van der Waals surface area (Å²) < 4.78 is 0. The topological polar surface area (TPSA) is 49.3 Å². The van der Waals surface area contributed by atoms with Crippen LogP contribution in [-0.2, 0) is 6.42 Å². The number of carbonyl (C=O) groups excluding carboxylic acids is 1. The number of hydrogen-bond donors (Lipinski definition) is 0. The molecule has 1 aromatic carbocycles. The summed E-state index contributed by atoms with van der Waals surface area (Å²) in [5.74, 6) is 0.725. The van der Waals surface area contributed by atoms with Gasteiger partial charge in [0.15, 0.2) is 11.5 Å². The maximum absolute atomic E-state index is 12.3. The summed E-state index contributed by atoms with van der Waals surface area (Å²) in [6.45, 7) is 7.46. The van der Waals surface area contributed by atoms with Crippen molar-refractivity contribution in [3.05, 3.63) is 47.7 Å². The molecule has 23 heavy (non-hydrogen) atoms. The van der Waals surface area contributed by atoms with Gasteiger partial charge in [0, 0.05) is 24.8 Å². The lowest BCUT2D eigenvalue weighted by molar-refractivity contribution is 0.0766. The van der Waals surface area contributed by atoms with Crippen molar-refractivity contribution in [3.63, 3.8) is 0 Å². The number of amides is 1. The van der Waals surface area contributed by atoms with Crippen molar-refractivity contribution >= 4 is 17.4 Å². The van der Waals surface area contributed by atoms with Crippen LogP contribution in [-0.4, -0.2) is 40.1 Å². The predicted octanol–water partition coefficient (Wildman–Crippen LogP) is 3.04. The van der Waals surface area contributed by atoms with E-state index in [9.17, 15) is 4.79 Å². The molecule has 1 unspecified atom stereocenters. The third-order valence-electron chi connectivity index (χ3n) is 4.37. The number of rotatable bonds is 4. The molecule has 1 aromatic heterocycles. The largest absolute Gasteiger partial charge is 0.338 e. The lowest BCUT2D eigenvalue weighted by Gasteiger charge is -2.23. The minimum Gasteiger partial charge on any atom is -0.338 e. The Hall–Kier alpha value is -2.43. The first kappa shape index (κ1) is 15.5. The second-order valence-electron chi connectivity index (χ2n) is 5.81. The molecule has 2 aromatic rings. The number of fused-ring (bicyclic) bond motifs is 1. The van der Waals surface area contributed by atoms with Gasteiger partial charge < -0.3 is 9.80 Å². The fourth-order valence-electron chi connectivity index (χ4n) is 3.16. The minimum atomic E-state index is -0.0658. The van der Waals surface area contributed by atoms with Crippen LogP contribution < -0.4 is 4.90 Å². The first-order chi connectivity index (χ1) is 11.2. The number of aromatic nitrogens is 2. The first-order valence-electron chi connectivity index (χ1n) is 8.15. The molecular formula is C18H22N4O. The lowest BCUT2D eigenvalue weighted by Crippen LogP contribution is -2.31. The highest BCUT2D eigenvalue weighted by Crippen LogP contribution is 2.36. The average molecular weight is 310 g/mol. The second kappa shape index (κ2) is 6.36. The summed E-state index contributed by atoms with van der Waals surface area (Å²) in [5, 5.41) is 8.47. The number of carbonyl (C=O) groups is 1. The molecular weight excluding hydrogens is 288 g/mol. The van der Waals surface area contributed by atoms with Crippen molar-refractivity contribution in [1.82, 2.24) is 15.1 Å². The van der Waals surface area contributed by atoms with Crippen LogP contribution in [0.4, 0.5) is 11.5 Å². The molecule has 1 amide bonds. The Morgan fingerprint density at radius 1 is 1.17 bits per heavy atom. The van der Waals surface area contributed by atoms with Crippen LogP contribution in [0.5, 0.6) is 0 Å². The fourth-order valence-corrected chi connectivity index (χ4v) is 3.16. The summed E-state index contributed by atoms with van der Waals surface area (Å²) >= 11 is 0. The molecule has 5 heteroatoms. The van der Waals surface area contributed by atoms with E-state index in [2.05, 4.69) is 40.2 Å². The first-order valence-corrected chi connectivity index (χ1v) is 8.15. The molecule has 1 atom stereocenters. The van der Waals surface area contributed by atoms with Gasteiger partial charge in [-0.2, -0.15) is 0 Å². The maximum Gasteiger partial charge on any atom is 0.274 e. The van der Waals surface area contributed by atoms with Gasteiger partial charge in [0.05, 0.1) is 0 Å². The zero-order chi connectivity index (χ0) is 16.4. The maximum atomic E-state index is 12.3. The molecule has 3 rings (SSSR count). The quantitative estimate of drug-likeness (QED) is 0.871. The SMILES string of the molecule is CCN(CC)C(=O)c1ccc(N2c3ccccc3CC2C)nn1. The Bertz CT molecular complexity index is 694. The van der Waals surface area contributed by atoms with Gasteiger partial charge in [0.2, 0.25) is 0 Å². The molecule has 5 nitrogen and oxygen atoms in total. The molecule has 0 aliphatic carbocycles. The van der Waals surface area contributed by atoms with Gasteiger partial charge in [-0.3, -0.25) is 4.79 Å². The third-order valence-corrected chi connectivity index (χ3v) is 4.37. The molecule has 1 aliphatic heterocycles. The molecule has 1 aliphatic rings. The van der Waals surface area contributed by atoms with Crippen molar-refractivity contribution in [1.29, 1.82) is 0 Å². The lowest BCUT2D eigenvalue weighted by atomic mass is 10.1. The van der Waals surface area contributed by atoms with Crippen molar-refractivity contribution in [2.75, 3.05) is 18.0 Å². The van der Waals surface area contributed by atoms with E-state index in [-0.39, 0.29) is 5.91 Å². The zero-order valence-corrected chi connectivity index (χ0v) is 13.9. The normalized spacial score (nSPS) is 16.3. The van der Waals surface area contributed by atoms with Gasteiger partial charge in [-0.15, -0.1) is 10.2 Å². The van der Waals surface area contributed by atoms with Crippen molar-refractivity contribution in [2.24, 2.45) is 0 Å². The van der Waals surface area contributed by atoms with Gasteiger partial charge >= 0.3 is 0 Å². The van der Waals surface area contributed by atoms with E-state index in [0.29, 0.717) is 24.8 Å². The number of nitrogens with zero attached hydrogens (tertiary/aromatic N) is 4. The predicted molar refractivity (Wildman–Crippen MR) is 91.0 cm³/mol. The van der Waals surface area contributed by atoms with E-state index < -0.39 is 0 Å². The molecule has 2 heterocycles. The van der Waals surface area contributed by atoms with Gasteiger partial charge in [0.1, 0.15) is 0 Å². The van der Waals surface area contributed by atoms with E-state index >= 15 is 0 Å². The zero-order valence-electron chi connectivity index (χ0n) is 13.9. The van der Waals surface area contributed by atoms with E-state index in [1.807, 2.05) is 26.0 Å². The Kier molecular flexibility index (Phi) is 4.28. The Morgan fingerprint density at radius 3 is 2.57 bits per heavy atom. The van der Waals surface area contributed by atoms with Crippen LogP contribution in [0.1, 0.15) is 36.8 Å². The molecule has 0 radical (unpaired) electrons. The van der Waals surface area contributed by atoms with Crippen LogP contribution in [0.3, 0.4) is 0 Å². The summed E-state index contributed by atoms with van der Waals surface area (Å²) in [6, 6.07) is 12.4. The molecule has 0 fully saturated rings. The van der Waals surface area contributed by atoms with Gasteiger partial charge in [0.25, 0.3) is 5.91 Å². The molecule has 120 valence electrons. The Morgan fingerprint density at radius 2 is 1.91 bits per heavy atom. The molecule has 0 N–H and O–H groups in total. The number of para-hydroxylation sites is 1. The second-order valence-corrected chi connectivity index (χ2v) is 5.81. The van der Waals surface area contributed by atoms with E-state index in [0.717, 1.165) is 12.2 Å². The summed E-state index contributed by atoms with van der Waals surface area (Å²) in [7, 11) is 0. The van der Waals surface area contributed by atoms with Gasteiger partial charge in [-0.25, -0.2) is 0 Å². The van der Waals surface area contributed by atoms with Crippen molar-refractivity contribution < 1.29 is 4.79 Å². The number of benzene rings is 1. The molecule has 0 saturated heterocycles. The number of anilines is 2. The molecule has 0 saturated carbocycles. The summed E-state index contributed by atoms with van der Waals surface area (Å²) in [5.41, 5.74) is 2.90. The summed E-state index contributed by atoms with van der Waals surface area (Å²) in [6.07, 6.45) is 0.998. The highest BCUT2D eigenvalue weighted by atomic mass is 16.2.